The number of nitrogens with two attached hydrogens (primary N) is 4. The standard InChI is InChI=1S/C64H119N17O14/c1-61(2,3)93-54(88)10-19-64(20-11-55(89)94-62(4,5)6,21-12-56(90)95-63(7,8)9)81-59(91)57(79-44-40-77(41-45-79)36-17-52(86)73-30-38-75(32-13-48(82)69-26-22-65)33-14-49(83)70-27-23-66)58(60(81)92)80-46-42-78(43-47-80)37-18-53(87)74-31-39-76(34-15-50(84)71-28-24-67)35-16-51(85)72-29-25-68/h91-92H,10-47,65-68H2,1-9H3,(H,69,82)(H,70,83)(H,71,84)(H,72,85)(H,73,86)(H,74,87). The van der Waals surface area contributed by atoms with Gasteiger partial charge in [-0.05, 0) is 81.6 Å². The molecule has 0 atom stereocenters. The molecule has 0 bridgehead atoms. The van der Waals surface area contributed by atoms with Crippen molar-refractivity contribution < 1.29 is 67.6 Å². The largest absolute Gasteiger partial charge is 0.493 e. The fraction of sp³-hybridized carbons (Fsp3) is 0.797. The van der Waals surface area contributed by atoms with E-state index in [1.54, 1.807) is 62.3 Å². The molecule has 0 radical (unpaired) electrons. The van der Waals surface area contributed by atoms with Gasteiger partial charge in [0.2, 0.25) is 47.2 Å². The first-order chi connectivity index (χ1) is 44.8. The summed E-state index contributed by atoms with van der Waals surface area (Å²) in [6.07, 6.45) is 0.203. The zero-order valence-corrected chi connectivity index (χ0v) is 58.6. The van der Waals surface area contributed by atoms with E-state index in [0.29, 0.717) is 168 Å². The SMILES string of the molecule is CC(C)(C)OC(=O)CCC(CCC(=O)OC(C)(C)C)(CCC(=O)OC(C)(C)C)n1c(O)c(N2CCN(CCC(=O)NCCN(CCC(=O)NCCN)CCC(=O)NCCN)CC2)c(N2CCN(CCC(=O)NCCN(CCC(=O)NCCN)CCC(=O)NCCN)CC2)c1O. The van der Waals surface area contributed by atoms with E-state index in [0.717, 1.165) is 0 Å². The van der Waals surface area contributed by atoms with Gasteiger partial charge < -0.3 is 98.9 Å². The molecule has 0 unspecified atom stereocenters. The maximum Gasteiger partial charge on any atom is 0.306 e. The molecule has 3 rings (SSSR count). The first-order valence-corrected chi connectivity index (χ1v) is 33.9. The highest BCUT2D eigenvalue weighted by molar-refractivity contribution is 5.84. The number of ether oxygens (including phenoxy) is 3. The molecule has 2 saturated heterocycles. The summed E-state index contributed by atoms with van der Waals surface area (Å²) < 4.78 is 18.7. The van der Waals surface area contributed by atoms with Crippen LogP contribution in [0, 0.1) is 0 Å². The number of hydrogen-bond donors (Lipinski definition) is 12. The van der Waals surface area contributed by atoms with Crippen LogP contribution in [0.1, 0.15) is 139 Å². The maximum absolute atomic E-state index is 13.7. The Kier molecular flexibility index (Phi) is 36.7. The minimum atomic E-state index is -1.50. The van der Waals surface area contributed by atoms with E-state index < -0.39 is 40.2 Å². The number of rotatable bonds is 44. The van der Waals surface area contributed by atoms with E-state index >= 15 is 0 Å². The van der Waals surface area contributed by atoms with Crippen molar-refractivity contribution in [2.24, 2.45) is 22.9 Å². The number of nitrogens with zero attached hydrogens (tertiary/aromatic N) is 7. The Bertz CT molecular complexity index is 2310. The number of amides is 6. The molecule has 1 aromatic rings. The van der Waals surface area contributed by atoms with Gasteiger partial charge in [0.15, 0.2) is 0 Å². The second-order valence-electron chi connectivity index (χ2n) is 27.3. The number of anilines is 2. The van der Waals surface area contributed by atoms with Crippen molar-refractivity contribution in [1.29, 1.82) is 0 Å². The van der Waals surface area contributed by atoms with Crippen molar-refractivity contribution in [2.75, 3.05) is 180 Å². The quantitative estimate of drug-likeness (QED) is 0.0266. The second kappa shape index (κ2) is 42.2. The molecule has 0 aromatic carbocycles. The van der Waals surface area contributed by atoms with Crippen LogP contribution in [0.3, 0.4) is 0 Å². The van der Waals surface area contributed by atoms with Crippen molar-refractivity contribution in [1.82, 2.24) is 56.1 Å². The lowest BCUT2D eigenvalue weighted by molar-refractivity contribution is -0.156. The molecule has 0 saturated carbocycles. The fourth-order valence-electron chi connectivity index (χ4n) is 11.2. The Morgan fingerprint density at radius 1 is 0.379 bits per heavy atom. The van der Waals surface area contributed by atoms with Gasteiger partial charge in [0.1, 0.15) is 28.2 Å². The third-order valence-electron chi connectivity index (χ3n) is 15.9. The van der Waals surface area contributed by atoms with Crippen LogP contribution in [0.5, 0.6) is 11.8 Å². The molecule has 2 aliphatic rings. The number of carbonyl (C=O) groups excluding carboxylic acids is 9. The van der Waals surface area contributed by atoms with Crippen LogP contribution in [0.2, 0.25) is 0 Å². The molecule has 0 spiro atoms. The number of nitrogens with one attached hydrogen (secondary N) is 6. The Balaban J connectivity index is 1.96. The van der Waals surface area contributed by atoms with Crippen LogP contribution in [0.4, 0.5) is 11.4 Å². The highest BCUT2D eigenvalue weighted by Crippen LogP contribution is 2.54. The summed E-state index contributed by atoms with van der Waals surface area (Å²) in [5.74, 6) is -3.42. The second-order valence-corrected chi connectivity index (χ2v) is 27.3. The van der Waals surface area contributed by atoms with Gasteiger partial charge in [-0.2, -0.15) is 0 Å². The molecule has 0 aliphatic carbocycles. The normalized spacial score (nSPS) is 14.3. The van der Waals surface area contributed by atoms with Crippen molar-refractivity contribution >= 4 is 64.7 Å². The van der Waals surface area contributed by atoms with Crippen LogP contribution in [-0.2, 0) is 62.9 Å². The van der Waals surface area contributed by atoms with Crippen molar-refractivity contribution in [3.8, 4) is 11.8 Å². The monoisotopic (exact) mass is 1350 g/mol. The lowest BCUT2D eigenvalue weighted by atomic mass is 9.83. The summed E-state index contributed by atoms with van der Waals surface area (Å²) >= 11 is 0. The molecule has 31 heteroatoms. The highest BCUT2D eigenvalue weighted by atomic mass is 16.6. The topological polar surface area (TPSA) is 422 Å². The van der Waals surface area contributed by atoms with Gasteiger partial charge in [-0.15, -0.1) is 0 Å². The average molecular weight is 1350 g/mol. The fourth-order valence-corrected chi connectivity index (χ4v) is 11.2. The summed E-state index contributed by atoms with van der Waals surface area (Å²) in [7, 11) is 0. The maximum atomic E-state index is 13.7. The number of piperazine rings is 2. The molecule has 6 amide bonds. The Morgan fingerprint density at radius 2 is 0.632 bits per heavy atom. The summed E-state index contributed by atoms with van der Waals surface area (Å²) in [4.78, 5) is 130. The Labute approximate surface area is 562 Å². The third-order valence-corrected chi connectivity index (χ3v) is 15.9. The van der Waals surface area contributed by atoms with Crippen molar-refractivity contribution in [3.05, 3.63) is 0 Å². The third kappa shape index (κ3) is 33.3. The minimum Gasteiger partial charge on any atom is -0.493 e. The van der Waals surface area contributed by atoms with Crippen LogP contribution in [-0.4, -0.2) is 275 Å². The average Bonchev–Trinajstić information content (AvgIpc) is 1.59. The van der Waals surface area contributed by atoms with Crippen LogP contribution < -0.4 is 64.6 Å². The van der Waals surface area contributed by atoms with Crippen LogP contribution in [0.25, 0.3) is 0 Å². The van der Waals surface area contributed by atoms with Gasteiger partial charge in [-0.25, -0.2) is 0 Å². The van der Waals surface area contributed by atoms with Gasteiger partial charge in [-0.1, -0.05) is 0 Å². The first-order valence-electron chi connectivity index (χ1n) is 33.9. The molecule has 1 aromatic heterocycles. The molecule has 16 N–H and O–H groups in total. The van der Waals surface area contributed by atoms with Crippen molar-refractivity contribution in [3.63, 3.8) is 0 Å². The molecular formula is C64H119N17O14. The molecule has 3 heterocycles. The zero-order chi connectivity index (χ0) is 70.8. The molecule has 544 valence electrons. The number of carbonyl (C=O) groups is 9. The summed E-state index contributed by atoms with van der Waals surface area (Å²) in [6.45, 7) is 25.2. The zero-order valence-electron chi connectivity index (χ0n) is 58.6. The highest BCUT2D eigenvalue weighted by Gasteiger charge is 2.44. The van der Waals surface area contributed by atoms with Crippen LogP contribution in [0.15, 0.2) is 0 Å². The van der Waals surface area contributed by atoms with E-state index in [2.05, 4.69) is 41.7 Å². The summed E-state index contributed by atoms with van der Waals surface area (Å²) in [5.41, 5.74) is 18.7. The number of esters is 3. The van der Waals surface area contributed by atoms with Crippen molar-refractivity contribution in [2.45, 2.75) is 162 Å². The Morgan fingerprint density at radius 3 is 0.884 bits per heavy atom. The predicted octanol–water partition coefficient (Wildman–Crippen LogP) is -1.32. The summed E-state index contributed by atoms with van der Waals surface area (Å²) in [6, 6.07) is 0. The molecular weight excluding hydrogens is 1230 g/mol. The van der Waals surface area contributed by atoms with E-state index in [-0.39, 0.29) is 137 Å². The molecule has 31 nitrogen and oxygen atoms in total. The predicted molar refractivity (Wildman–Crippen MR) is 363 cm³/mol. The van der Waals surface area contributed by atoms with E-state index in [9.17, 15) is 53.4 Å². The lowest BCUT2D eigenvalue weighted by Gasteiger charge is -2.39. The number of hydrogen-bond acceptors (Lipinski definition) is 24. The first kappa shape index (κ1) is 82.6. The van der Waals surface area contributed by atoms with Gasteiger partial charge >= 0.3 is 17.9 Å². The Hall–Kier alpha value is -6.61. The number of aromatic hydroxyl groups is 2. The van der Waals surface area contributed by atoms with Gasteiger partial charge in [-0.3, -0.25) is 57.5 Å². The van der Waals surface area contributed by atoms with E-state index in [1.165, 1.54) is 4.57 Å². The minimum absolute atomic E-state index is 0.0818. The molecule has 2 fully saturated rings. The smallest absolute Gasteiger partial charge is 0.306 e. The van der Waals surface area contributed by atoms with Gasteiger partial charge in [0, 0.05) is 228 Å². The van der Waals surface area contributed by atoms with Gasteiger partial charge in [0.05, 0.1) is 5.54 Å². The van der Waals surface area contributed by atoms with E-state index in [4.69, 9.17) is 37.1 Å². The lowest BCUT2D eigenvalue weighted by Crippen LogP contribution is -2.49. The summed E-state index contributed by atoms with van der Waals surface area (Å²) in [5, 5.41) is 43.1. The molecule has 95 heavy (non-hydrogen) atoms. The molecule has 2 aliphatic heterocycles. The number of aromatic nitrogens is 1. The van der Waals surface area contributed by atoms with Gasteiger partial charge in [0.25, 0.3) is 0 Å². The van der Waals surface area contributed by atoms with E-state index in [1.807, 2.05) is 19.6 Å². The van der Waals surface area contributed by atoms with Crippen LogP contribution >= 0.6 is 0 Å².